The van der Waals surface area contributed by atoms with Crippen molar-refractivity contribution in [1.82, 2.24) is 0 Å². The number of nitrogens with two attached hydrogens (primary N) is 1. The van der Waals surface area contributed by atoms with Crippen molar-refractivity contribution in [3.05, 3.63) is 57.6 Å². The monoisotopic (exact) mass is 471 g/mol. The van der Waals surface area contributed by atoms with Crippen molar-refractivity contribution >= 4 is 58.9 Å². The summed E-state index contributed by atoms with van der Waals surface area (Å²) in [5.74, 6) is -1.20. The fourth-order valence-corrected chi connectivity index (χ4v) is 4.36. The van der Waals surface area contributed by atoms with Crippen LogP contribution < -0.4 is 16.0 Å². The quantitative estimate of drug-likeness (QED) is 0.568. The van der Waals surface area contributed by atoms with E-state index in [0.717, 1.165) is 18.4 Å². The highest BCUT2D eigenvalue weighted by Crippen LogP contribution is 2.44. The van der Waals surface area contributed by atoms with Crippen LogP contribution >= 0.6 is 35.6 Å². The van der Waals surface area contributed by atoms with E-state index in [-0.39, 0.29) is 24.7 Å². The number of aliphatic carboxylic acids is 1. The van der Waals surface area contributed by atoms with Crippen molar-refractivity contribution in [3.63, 3.8) is 0 Å². The number of anilines is 2. The predicted octanol–water partition coefficient (Wildman–Crippen LogP) is 4.67. The van der Waals surface area contributed by atoms with Crippen LogP contribution in [0.25, 0.3) is 0 Å². The number of hydrogen-bond acceptors (Lipinski definition) is 4. The molecule has 2 aromatic rings. The molecule has 0 radical (unpaired) electrons. The molecular formula is C21H24Cl3N3O3. The third-order valence-electron chi connectivity index (χ3n) is 5.05. The first kappa shape index (κ1) is 24.3. The first-order valence-electron chi connectivity index (χ1n) is 9.39. The lowest BCUT2D eigenvalue weighted by Gasteiger charge is -2.38. The van der Waals surface area contributed by atoms with Crippen LogP contribution in [0.2, 0.25) is 10.0 Å². The lowest BCUT2D eigenvalue weighted by Crippen LogP contribution is -2.43. The molecular weight excluding hydrogens is 449 g/mol. The molecule has 0 spiro atoms. The fourth-order valence-electron chi connectivity index (χ4n) is 3.74. The van der Waals surface area contributed by atoms with Gasteiger partial charge in [0.25, 0.3) is 0 Å². The Kier molecular flexibility index (Phi) is 8.38. The number of carboxylic acids is 1. The summed E-state index contributed by atoms with van der Waals surface area (Å²) in [6, 6.07) is 9.49. The Morgan fingerprint density at radius 2 is 1.90 bits per heavy atom. The maximum atomic E-state index is 12.6. The number of benzene rings is 2. The molecule has 0 aliphatic carbocycles. The summed E-state index contributed by atoms with van der Waals surface area (Å²) in [4.78, 5) is 25.9. The normalized spacial score (nSPS) is 17.3. The zero-order valence-corrected chi connectivity index (χ0v) is 18.7. The second kappa shape index (κ2) is 10.4. The van der Waals surface area contributed by atoms with Gasteiger partial charge in [-0.05, 0) is 49.2 Å². The first-order valence-corrected chi connectivity index (χ1v) is 10.1. The van der Waals surface area contributed by atoms with Gasteiger partial charge in [-0.25, -0.2) is 4.79 Å². The average molecular weight is 473 g/mol. The molecule has 2 aromatic carbocycles. The van der Waals surface area contributed by atoms with E-state index in [1.807, 2.05) is 24.3 Å². The van der Waals surface area contributed by atoms with Gasteiger partial charge in [-0.2, -0.15) is 0 Å². The minimum absolute atomic E-state index is 0. The van der Waals surface area contributed by atoms with E-state index < -0.39 is 18.1 Å². The Hall–Kier alpha value is -1.99. The number of amides is 1. The number of carboxylic acid groups (broad SMARTS) is 1. The van der Waals surface area contributed by atoms with Crippen molar-refractivity contribution in [2.45, 2.75) is 38.3 Å². The molecule has 3 rings (SSSR count). The van der Waals surface area contributed by atoms with Gasteiger partial charge >= 0.3 is 5.97 Å². The number of nitrogens with one attached hydrogen (secondary N) is 1. The lowest BCUT2D eigenvalue weighted by atomic mass is 9.90. The summed E-state index contributed by atoms with van der Waals surface area (Å²) < 4.78 is 0. The summed E-state index contributed by atoms with van der Waals surface area (Å²) in [7, 11) is 0. The third kappa shape index (κ3) is 5.19. The molecule has 0 saturated heterocycles. The van der Waals surface area contributed by atoms with E-state index >= 15 is 0 Å². The lowest BCUT2D eigenvalue weighted by molar-refractivity contribution is -0.138. The zero-order chi connectivity index (χ0) is 21.1. The van der Waals surface area contributed by atoms with Gasteiger partial charge in [-0.15, -0.1) is 12.4 Å². The molecule has 4 N–H and O–H groups in total. The molecule has 0 aromatic heterocycles. The number of carbonyl (C=O) groups is 2. The Balaban J connectivity index is 0.00000320. The van der Waals surface area contributed by atoms with Gasteiger partial charge in [0.1, 0.15) is 6.04 Å². The zero-order valence-electron chi connectivity index (χ0n) is 16.4. The number of halogens is 3. The van der Waals surface area contributed by atoms with Gasteiger partial charge < -0.3 is 21.1 Å². The molecule has 1 aliphatic rings. The molecule has 0 bridgehead atoms. The molecule has 2 atom stereocenters. The van der Waals surface area contributed by atoms with Crippen LogP contribution in [0.15, 0.2) is 36.4 Å². The molecule has 1 aliphatic heterocycles. The average Bonchev–Trinajstić information content (AvgIpc) is 2.66. The van der Waals surface area contributed by atoms with Gasteiger partial charge in [-0.3, -0.25) is 4.79 Å². The summed E-state index contributed by atoms with van der Waals surface area (Å²) in [5, 5.41) is 13.3. The summed E-state index contributed by atoms with van der Waals surface area (Å²) in [6.45, 7) is 2.08. The maximum absolute atomic E-state index is 12.6. The minimum Gasteiger partial charge on any atom is -0.480 e. The molecule has 0 saturated carbocycles. The summed E-state index contributed by atoms with van der Waals surface area (Å²) in [6.07, 6.45) is 1.92. The molecule has 162 valence electrons. The van der Waals surface area contributed by atoms with E-state index in [2.05, 4.69) is 5.32 Å². The fraction of sp³-hybridized carbons (Fsp3) is 0.333. The Morgan fingerprint density at radius 3 is 2.47 bits per heavy atom. The molecule has 6 nitrogen and oxygen atoms in total. The number of carbonyl (C=O) groups excluding carboxylic acids is 1. The van der Waals surface area contributed by atoms with Gasteiger partial charge in [0.05, 0.1) is 6.04 Å². The minimum atomic E-state index is -1.00. The maximum Gasteiger partial charge on any atom is 0.326 e. The molecule has 30 heavy (non-hydrogen) atoms. The molecule has 9 heteroatoms. The van der Waals surface area contributed by atoms with E-state index in [9.17, 15) is 14.7 Å². The predicted molar refractivity (Wildman–Crippen MR) is 123 cm³/mol. The van der Waals surface area contributed by atoms with Crippen LogP contribution in [0.3, 0.4) is 0 Å². The van der Waals surface area contributed by atoms with Gasteiger partial charge in [0, 0.05) is 40.3 Å². The molecule has 0 fully saturated rings. The second-order valence-corrected chi connectivity index (χ2v) is 7.93. The first-order chi connectivity index (χ1) is 13.8. The number of nitrogens with zero attached hydrogens (tertiary/aromatic N) is 1. The highest BCUT2D eigenvalue weighted by atomic mass is 35.5. The Labute approximate surface area is 191 Å². The van der Waals surface area contributed by atoms with E-state index in [1.165, 1.54) is 6.92 Å². The van der Waals surface area contributed by atoms with E-state index in [4.69, 9.17) is 28.9 Å². The van der Waals surface area contributed by atoms with Crippen LogP contribution in [-0.2, 0) is 16.0 Å². The Bertz CT molecular complexity index is 922. The SMILES string of the molecule is CC(=O)N(c1ccc(CCCN)cc1)C1CC(C(=O)O)Nc2cc(Cl)cc(Cl)c21.Cl. The van der Waals surface area contributed by atoms with E-state index in [1.54, 1.807) is 17.0 Å². The number of aryl methyl sites for hydroxylation is 1. The van der Waals surface area contributed by atoms with Crippen LogP contribution in [0, 0.1) is 0 Å². The molecule has 1 amide bonds. The number of hydrogen-bond donors (Lipinski definition) is 3. The van der Waals surface area contributed by atoms with Crippen LogP contribution in [0.4, 0.5) is 11.4 Å². The highest BCUT2D eigenvalue weighted by molar-refractivity contribution is 6.35. The standard InChI is InChI=1S/C21H23Cl2N3O3.ClH/c1-12(27)26(15-6-4-13(5-7-15)3-2-8-24)19-11-18(21(28)29)25-17-10-14(22)9-16(23)20(17)19;/h4-7,9-10,18-19,25H,2-3,8,11,24H2,1H3,(H,28,29);1H. The largest absolute Gasteiger partial charge is 0.480 e. The molecule has 1 heterocycles. The van der Waals surface area contributed by atoms with Crippen molar-refractivity contribution in [1.29, 1.82) is 0 Å². The van der Waals surface area contributed by atoms with Gasteiger partial charge in [-0.1, -0.05) is 35.3 Å². The summed E-state index contributed by atoms with van der Waals surface area (Å²) in [5.41, 5.74) is 8.57. The van der Waals surface area contributed by atoms with Crippen molar-refractivity contribution in [3.8, 4) is 0 Å². The summed E-state index contributed by atoms with van der Waals surface area (Å²) >= 11 is 12.6. The van der Waals surface area contributed by atoms with Crippen molar-refractivity contribution in [2.75, 3.05) is 16.8 Å². The van der Waals surface area contributed by atoms with Crippen LogP contribution in [-0.4, -0.2) is 29.6 Å². The number of rotatable bonds is 6. The number of fused-ring (bicyclic) bond motifs is 1. The van der Waals surface area contributed by atoms with Gasteiger partial charge in [0.2, 0.25) is 5.91 Å². The third-order valence-corrected chi connectivity index (χ3v) is 5.58. The van der Waals surface area contributed by atoms with E-state index in [0.29, 0.717) is 33.5 Å². The molecule has 2 unspecified atom stereocenters. The highest BCUT2D eigenvalue weighted by Gasteiger charge is 2.37. The Morgan fingerprint density at radius 1 is 1.23 bits per heavy atom. The second-order valence-electron chi connectivity index (χ2n) is 7.08. The van der Waals surface area contributed by atoms with Crippen molar-refractivity contribution in [2.24, 2.45) is 5.73 Å². The van der Waals surface area contributed by atoms with Gasteiger partial charge in [0.15, 0.2) is 0 Å². The van der Waals surface area contributed by atoms with Crippen LogP contribution in [0.5, 0.6) is 0 Å². The van der Waals surface area contributed by atoms with Crippen LogP contribution in [0.1, 0.15) is 36.9 Å². The van der Waals surface area contributed by atoms with Crippen molar-refractivity contribution < 1.29 is 14.7 Å². The topological polar surface area (TPSA) is 95.7 Å². The smallest absolute Gasteiger partial charge is 0.326 e.